The number of carbonyl (C=O) groups is 3. The molecule has 1 aromatic carbocycles. The van der Waals surface area contributed by atoms with Crippen LogP contribution in [0.3, 0.4) is 0 Å². The number of piperazine rings is 1. The summed E-state index contributed by atoms with van der Waals surface area (Å²) in [5.41, 5.74) is -0.0804. The first-order chi connectivity index (χ1) is 14.2. The number of nitrogens with one attached hydrogen (secondary N) is 2. The highest BCUT2D eigenvalue weighted by molar-refractivity contribution is 7.98. The van der Waals surface area contributed by atoms with Gasteiger partial charge in [0, 0.05) is 47.8 Å². The number of urea groups is 1. The van der Waals surface area contributed by atoms with Crippen LogP contribution in [0.2, 0.25) is 10.0 Å². The molecule has 3 rings (SSSR count). The van der Waals surface area contributed by atoms with Gasteiger partial charge in [0.2, 0.25) is 5.91 Å². The van der Waals surface area contributed by atoms with Crippen LogP contribution in [0.25, 0.3) is 0 Å². The number of hydrogen-bond acceptors (Lipinski definition) is 5. The summed E-state index contributed by atoms with van der Waals surface area (Å²) in [6.07, 6.45) is 2.73. The first-order valence-electron chi connectivity index (χ1n) is 9.86. The third-order valence-electron chi connectivity index (χ3n) is 5.63. The molecule has 2 N–H and O–H groups in total. The molecule has 30 heavy (non-hydrogen) atoms. The summed E-state index contributed by atoms with van der Waals surface area (Å²) in [5.74, 6) is -0.0153. The van der Waals surface area contributed by atoms with Crippen molar-refractivity contribution in [3.05, 3.63) is 28.2 Å². The van der Waals surface area contributed by atoms with E-state index in [1.54, 1.807) is 17.8 Å². The molecule has 0 aliphatic carbocycles. The van der Waals surface area contributed by atoms with Crippen molar-refractivity contribution in [2.24, 2.45) is 5.92 Å². The average molecular weight is 473 g/mol. The fraction of sp³-hybridized carbons (Fsp3) is 0.550. The lowest BCUT2D eigenvalue weighted by Gasteiger charge is -2.38. The van der Waals surface area contributed by atoms with Crippen LogP contribution in [-0.2, 0) is 9.59 Å². The van der Waals surface area contributed by atoms with E-state index in [1.165, 1.54) is 0 Å². The largest absolute Gasteiger partial charge is 0.368 e. The summed E-state index contributed by atoms with van der Waals surface area (Å²) in [7, 11) is 0. The summed E-state index contributed by atoms with van der Waals surface area (Å²) in [5, 5.41) is 6.25. The Morgan fingerprint density at radius 2 is 1.80 bits per heavy atom. The molecule has 4 amide bonds. The molecular weight excluding hydrogens is 447 g/mol. The molecule has 2 heterocycles. The molecule has 164 valence electrons. The lowest BCUT2D eigenvalue weighted by Crippen LogP contribution is -2.53. The second-order valence-electron chi connectivity index (χ2n) is 7.78. The van der Waals surface area contributed by atoms with Gasteiger partial charge in [-0.2, -0.15) is 11.8 Å². The van der Waals surface area contributed by atoms with Crippen LogP contribution >= 0.6 is 35.0 Å². The van der Waals surface area contributed by atoms with E-state index in [9.17, 15) is 14.4 Å². The lowest BCUT2D eigenvalue weighted by molar-refractivity contribution is -0.136. The Balaban J connectivity index is 1.61. The third kappa shape index (κ3) is 5.15. The first-order valence-corrected chi connectivity index (χ1v) is 12.0. The molecule has 0 unspecified atom stereocenters. The van der Waals surface area contributed by atoms with Crippen LogP contribution in [0.4, 0.5) is 10.5 Å². The van der Waals surface area contributed by atoms with E-state index >= 15 is 0 Å². The standard InChI is InChI=1S/C20H26Cl2N4O3S/c1-13(12-20(3-8-30-2)18(28)23-19(29)24-20)17(27)26-6-4-25(5-7-26)16-10-14(21)9-15(22)11-16/h9-11,13H,3-8,12H2,1-2H3,(H2,23,24,28,29)/t13-,20+/m1/s1. The average Bonchev–Trinajstić information content (AvgIpc) is 2.98. The van der Waals surface area contributed by atoms with Gasteiger partial charge >= 0.3 is 6.03 Å². The zero-order valence-electron chi connectivity index (χ0n) is 17.0. The van der Waals surface area contributed by atoms with Gasteiger partial charge in [0.15, 0.2) is 0 Å². The number of nitrogens with zero attached hydrogens (tertiary/aromatic N) is 2. The number of amides is 4. The van der Waals surface area contributed by atoms with Crippen molar-refractivity contribution < 1.29 is 14.4 Å². The van der Waals surface area contributed by atoms with Gasteiger partial charge < -0.3 is 15.1 Å². The van der Waals surface area contributed by atoms with Gasteiger partial charge in [-0.25, -0.2) is 4.79 Å². The highest BCUT2D eigenvalue weighted by Gasteiger charge is 2.47. The minimum absolute atomic E-state index is 0.00347. The number of rotatable bonds is 7. The number of halogens is 2. The van der Waals surface area contributed by atoms with Crippen molar-refractivity contribution in [1.82, 2.24) is 15.5 Å². The molecule has 0 saturated carbocycles. The van der Waals surface area contributed by atoms with Gasteiger partial charge in [0.05, 0.1) is 0 Å². The summed E-state index contributed by atoms with van der Waals surface area (Å²) in [6.45, 7) is 4.31. The Morgan fingerprint density at radius 1 is 1.17 bits per heavy atom. The quantitative estimate of drug-likeness (QED) is 0.596. The molecule has 0 bridgehead atoms. The van der Waals surface area contributed by atoms with Crippen molar-refractivity contribution >= 4 is 58.5 Å². The topological polar surface area (TPSA) is 81.8 Å². The highest BCUT2D eigenvalue weighted by atomic mass is 35.5. The maximum absolute atomic E-state index is 13.1. The maximum atomic E-state index is 13.1. The molecule has 2 atom stereocenters. The van der Waals surface area contributed by atoms with Crippen molar-refractivity contribution in [3.8, 4) is 0 Å². The van der Waals surface area contributed by atoms with Crippen molar-refractivity contribution in [3.63, 3.8) is 0 Å². The lowest BCUT2D eigenvalue weighted by atomic mass is 9.85. The molecule has 0 aromatic heterocycles. The van der Waals surface area contributed by atoms with Crippen LogP contribution in [0.15, 0.2) is 18.2 Å². The summed E-state index contributed by atoms with van der Waals surface area (Å²) in [4.78, 5) is 41.2. The Morgan fingerprint density at radius 3 is 2.33 bits per heavy atom. The first kappa shape index (κ1) is 23.0. The molecule has 10 heteroatoms. The van der Waals surface area contributed by atoms with Crippen LogP contribution in [0, 0.1) is 5.92 Å². The number of imide groups is 1. The van der Waals surface area contributed by atoms with Crippen LogP contribution in [-0.4, -0.2) is 66.5 Å². The van der Waals surface area contributed by atoms with Gasteiger partial charge in [0.25, 0.3) is 5.91 Å². The zero-order valence-corrected chi connectivity index (χ0v) is 19.4. The molecule has 0 radical (unpaired) electrons. The molecule has 1 aromatic rings. The highest BCUT2D eigenvalue weighted by Crippen LogP contribution is 2.29. The van der Waals surface area contributed by atoms with Gasteiger partial charge in [-0.05, 0) is 43.0 Å². The molecule has 7 nitrogen and oxygen atoms in total. The van der Waals surface area contributed by atoms with E-state index in [0.29, 0.717) is 42.6 Å². The van der Waals surface area contributed by atoms with Gasteiger partial charge in [-0.3, -0.25) is 14.9 Å². The van der Waals surface area contributed by atoms with Crippen molar-refractivity contribution in [1.29, 1.82) is 0 Å². The maximum Gasteiger partial charge on any atom is 0.322 e. The molecule has 2 aliphatic rings. The van der Waals surface area contributed by atoms with Gasteiger partial charge in [0.1, 0.15) is 5.54 Å². The predicted octanol–water partition coefficient (Wildman–Crippen LogP) is 3.00. The summed E-state index contributed by atoms with van der Waals surface area (Å²) < 4.78 is 0. The Kier molecular flexibility index (Phi) is 7.42. The summed E-state index contributed by atoms with van der Waals surface area (Å²) in [6, 6.07) is 4.93. The Bertz CT molecular complexity index is 812. The van der Waals surface area contributed by atoms with Gasteiger partial charge in [-0.1, -0.05) is 30.1 Å². The number of carbonyl (C=O) groups excluding carboxylic acids is 3. The van der Waals surface area contributed by atoms with Crippen molar-refractivity contribution in [2.75, 3.05) is 43.1 Å². The molecule has 2 fully saturated rings. The second kappa shape index (κ2) is 9.66. The predicted molar refractivity (Wildman–Crippen MR) is 121 cm³/mol. The van der Waals surface area contributed by atoms with E-state index in [4.69, 9.17) is 23.2 Å². The molecular formula is C20H26Cl2N4O3S. The minimum Gasteiger partial charge on any atom is -0.368 e. The monoisotopic (exact) mass is 472 g/mol. The van der Waals surface area contributed by atoms with E-state index < -0.39 is 11.6 Å². The molecule has 2 aliphatic heterocycles. The van der Waals surface area contributed by atoms with E-state index in [1.807, 2.05) is 30.2 Å². The fourth-order valence-electron chi connectivity index (χ4n) is 4.05. The fourth-order valence-corrected chi connectivity index (χ4v) is 5.12. The van der Waals surface area contributed by atoms with E-state index in [0.717, 1.165) is 11.4 Å². The third-order valence-corrected chi connectivity index (χ3v) is 6.68. The van der Waals surface area contributed by atoms with Crippen LogP contribution in [0.5, 0.6) is 0 Å². The smallest absolute Gasteiger partial charge is 0.322 e. The van der Waals surface area contributed by atoms with Gasteiger partial charge in [-0.15, -0.1) is 0 Å². The number of hydrogen-bond donors (Lipinski definition) is 2. The van der Waals surface area contributed by atoms with E-state index in [-0.39, 0.29) is 24.2 Å². The Labute approximate surface area is 190 Å². The van der Waals surface area contributed by atoms with Crippen LogP contribution in [0.1, 0.15) is 19.8 Å². The minimum atomic E-state index is -1.02. The second-order valence-corrected chi connectivity index (χ2v) is 9.64. The normalized spacial score (nSPS) is 22.7. The molecule has 2 saturated heterocycles. The van der Waals surface area contributed by atoms with Crippen molar-refractivity contribution in [2.45, 2.75) is 25.3 Å². The van der Waals surface area contributed by atoms with Crippen LogP contribution < -0.4 is 15.5 Å². The zero-order chi connectivity index (χ0) is 21.9. The SMILES string of the molecule is CSCC[C@@]1(C[C@@H](C)C(=O)N2CCN(c3cc(Cl)cc(Cl)c3)CC2)NC(=O)NC1=O. The summed E-state index contributed by atoms with van der Waals surface area (Å²) >= 11 is 13.8. The number of thioether (sulfide) groups is 1. The number of benzene rings is 1. The Hall–Kier alpha value is -1.64. The van der Waals surface area contributed by atoms with E-state index in [2.05, 4.69) is 15.5 Å². The molecule has 0 spiro atoms. The number of anilines is 1.